The molecule has 0 bridgehead atoms. The monoisotopic (exact) mass is 301 g/mol. The van der Waals surface area contributed by atoms with E-state index in [0.29, 0.717) is 11.3 Å². The highest BCUT2D eigenvalue weighted by molar-refractivity contribution is 9.10. The van der Waals surface area contributed by atoms with Crippen LogP contribution in [-0.4, -0.2) is 10.9 Å². The number of carbonyl (C=O) groups is 1. The molecule has 88 valence electrons. The molecule has 0 fully saturated rings. The van der Waals surface area contributed by atoms with Gasteiger partial charge < -0.3 is 5.32 Å². The summed E-state index contributed by atoms with van der Waals surface area (Å²) in [4.78, 5) is 15.7. The van der Waals surface area contributed by atoms with Crippen LogP contribution in [0.3, 0.4) is 0 Å². The lowest BCUT2D eigenvalue weighted by Gasteiger charge is -2.05. The summed E-state index contributed by atoms with van der Waals surface area (Å²) in [6.07, 6.45) is 1.44. The van der Waals surface area contributed by atoms with Crippen molar-refractivity contribution in [3.63, 3.8) is 0 Å². The lowest BCUT2D eigenvalue weighted by Crippen LogP contribution is -2.12. The minimum absolute atomic E-state index is 0.221. The van der Waals surface area contributed by atoms with Crippen molar-refractivity contribution in [2.45, 2.75) is 0 Å². The van der Waals surface area contributed by atoms with E-state index in [4.69, 9.17) is 5.26 Å². The summed E-state index contributed by atoms with van der Waals surface area (Å²) in [6.45, 7) is 0. The van der Waals surface area contributed by atoms with Crippen LogP contribution in [0.5, 0.6) is 0 Å². The van der Waals surface area contributed by atoms with Crippen LogP contribution in [-0.2, 0) is 0 Å². The van der Waals surface area contributed by atoms with E-state index in [2.05, 4.69) is 26.2 Å². The van der Waals surface area contributed by atoms with Gasteiger partial charge in [0.1, 0.15) is 11.8 Å². The number of anilines is 1. The van der Waals surface area contributed by atoms with Gasteiger partial charge in [0.15, 0.2) is 0 Å². The molecule has 0 spiro atoms. The minimum Gasteiger partial charge on any atom is -0.322 e. The number of rotatable bonds is 2. The molecule has 0 saturated carbocycles. The summed E-state index contributed by atoms with van der Waals surface area (Å²) in [5, 5.41) is 11.5. The Bertz CT molecular complexity index is 617. The van der Waals surface area contributed by atoms with Crippen molar-refractivity contribution < 1.29 is 4.79 Å². The molecule has 0 saturated heterocycles. The highest BCUT2D eigenvalue weighted by Crippen LogP contribution is 2.15. The molecule has 1 N–H and O–H groups in total. The van der Waals surface area contributed by atoms with Gasteiger partial charge >= 0.3 is 0 Å². The molecule has 0 unspecified atom stereocenters. The lowest BCUT2D eigenvalue weighted by atomic mass is 10.2. The third-order valence-electron chi connectivity index (χ3n) is 2.24. The van der Waals surface area contributed by atoms with Crippen LogP contribution in [0.4, 0.5) is 5.69 Å². The first-order valence-corrected chi connectivity index (χ1v) is 5.91. The van der Waals surface area contributed by atoms with E-state index in [-0.39, 0.29) is 11.6 Å². The number of pyridine rings is 1. The van der Waals surface area contributed by atoms with Crippen LogP contribution in [0.1, 0.15) is 16.1 Å². The van der Waals surface area contributed by atoms with Crippen LogP contribution in [0.15, 0.2) is 47.1 Å². The highest BCUT2D eigenvalue weighted by Gasteiger charge is 2.07. The molecule has 0 radical (unpaired) electrons. The zero-order chi connectivity index (χ0) is 13.0. The Kier molecular flexibility index (Phi) is 3.70. The van der Waals surface area contributed by atoms with Crippen molar-refractivity contribution in [3.8, 4) is 6.07 Å². The molecule has 2 rings (SSSR count). The number of nitrogens with one attached hydrogen (secondary N) is 1. The molecule has 1 aromatic heterocycles. The number of hydrogen-bond acceptors (Lipinski definition) is 3. The van der Waals surface area contributed by atoms with Gasteiger partial charge in [0.2, 0.25) is 0 Å². The van der Waals surface area contributed by atoms with Gasteiger partial charge in [-0.1, -0.05) is 15.9 Å². The zero-order valence-corrected chi connectivity index (χ0v) is 10.8. The van der Waals surface area contributed by atoms with Gasteiger partial charge in [-0.3, -0.25) is 4.79 Å². The first-order valence-electron chi connectivity index (χ1n) is 5.12. The first kappa shape index (κ1) is 12.3. The van der Waals surface area contributed by atoms with Gasteiger partial charge in [-0.25, -0.2) is 4.98 Å². The zero-order valence-electron chi connectivity index (χ0n) is 9.22. The minimum atomic E-state index is -0.267. The number of carbonyl (C=O) groups excluding carboxylic acids is 1. The summed E-state index contributed by atoms with van der Waals surface area (Å²) < 4.78 is 0.941. The van der Waals surface area contributed by atoms with E-state index in [1.54, 1.807) is 18.2 Å². The van der Waals surface area contributed by atoms with Crippen LogP contribution in [0.25, 0.3) is 0 Å². The maximum absolute atomic E-state index is 11.9. The molecule has 2 aromatic rings. The van der Waals surface area contributed by atoms with E-state index >= 15 is 0 Å². The standard InChI is InChI=1S/C13H8BrN3O/c14-10-1-3-11(4-2-10)17-13(18)9-5-6-16-12(7-9)8-15/h1-7H,(H,17,18). The van der Waals surface area contributed by atoms with Gasteiger partial charge in [-0.15, -0.1) is 0 Å². The molecule has 0 aliphatic rings. The highest BCUT2D eigenvalue weighted by atomic mass is 79.9. The quantitative estimate of drug-likeness (QED) is 0.927. The van der Waals surface area contributed by atoms with E-state index in [9.17, 15) is 4.79 Å². The number of aromatic nitrogens is 1. The molecule has 1 amide bonds. The van der Waals surface area contributed by atoms with Crippen molar-refractivity contribution in [1.82, 2.24) is 4.98 Å². The summed E-state index contributed by atoms with van der Waals surface area (Å²) in [6, 6.07) is 12.2. The maximum Gasteiger partial charge on any atom is 0.255 e. The molecular formula is C13H8BrN3O. The summed E-state index contributed by atoms with van der Waals surface area (Å²) in [5.41, 5.74) is 1.32. The second kappa shape index (κ2) is 5.43. The van der Waals surface area contributed by atoms with Gasteiger partial charge in [0, 0.05) is 21.9 Å². The van der Waals surface area contributed by atoms with Crippen LogP contribution >= 0.6 is 15.9 Å². The van der Waals surface area contributed by atoms with Gasteiger partial charge in [0.05, 0.1) is 0 Å². The molecule has 4 nitrogen and oxygen atoms in total. The Morgan fingerprint density at radius 3 is 2.67 bits per heavy atom. The molecule has 5 heteroatoms. The Hall–Kier alpha value is -2.19. The third-order valence-corrected chi connectivity index (χ3v) is 2.77. The van der Waals surface area contributed by atoms with Crippen molar-refractivity contribution in [2.24, 2.45) is 0 Å². The number of amides is 1. The fourth-order valence-corrected chi connectivity index (χ4v) is 1.63. The fourth-order valence-electron chi connectivity index (χ4n) is 1.37. The van der Waals surface area contributed by atoms with Crippen molar-refractivity contribution in [2.75, 3.05) is 5.32 Å². The van der Waals surface area contributed by atoms with Gasteiger partial charge in [0.25, 0.3) is 5.91 Å². The molecule has 1 heterocycles. The fraction of sp³-hybridized carbons (Fsp3) is 0. The molecular weight excluding hydrogens is 294 g/mol. The number of hydrogen-bond donors (Lipinski definition) is 1. The maximum atomic E-state index is 11.9. The average molecular weight is 302 g/mol. The molecule has 0 aliphatic carbocycles. The SMILES string of the molecule is N#Cc1cc(C(=O)Nc2ccc(Br)cc2)ccn1. The topological polar surface area (TPSA) is 65.8 Å². The second-order valence-corrected chi connectivity index (χ2v) is 4.42. The van der Waals surface area contributed by atoms with Crippen molar-refractivity contribution >= 4 is 27.5 Å². The van der Waals surface area contributed by atoms with Gasteiger partial charge in [-0.2, -0.15) is 5.26 Å². The van der Waals surface area contributed by atoms with Crippen LogP contribution < -0.4 is 5.32 Å². The third kappa shape index (κ3) is 2.93. The van der Waals surface area contributed by atoms with Crippen molar-refractivity contribution in [3.05, 3.63) is 58.3 Å². The molecule has 18 heavy (non-hydrogen) atoms. The predicted molar refractivity (Wildman–Crippen MR) is 71.0 cm³/mol. The van der Waals surface area contributed by atoms with Crippen LogP contribution in [0, 0.1) is 11.3 Å². The largest absolute Gasteiger partial charge is 0.322 e. The second-order valence-electron chi connectivity index (χ2n) is 3.50. The molecule has 1 aromatic carbocycles. The first-order chi connectivity index (χ1) is 8.69. The molecule has 0 aliphatic heterocycles. The summed E-state index contributed by atoms with van der Waals surface area (Å²) in [5.74, 6) is -0.267. The Labute approximate surface area is 112 Å². The average Bonchev–Trinajstić information content (AvgIpc) is 2.41. The Balaban J connectivity index is 2.17. The van der Waals surface area contributed by atoms with Gasteiger partial charge in [-0.05, 0) is 36.4 Å². The van der Waals surface area contributed by atoms with E-state index < -0.39 is 0 Å². The Morgan fingerprint density at radius 1 is 1.28 bits per heavy atom. The van der Waals surface area contributed by atoms with E-state index in [0.717, 1.165) is 4.47 Å². The number of benzene rings is 1. The number of nitriles is 1. The van der Waals surface area contributed by atoms with E-state index in [1.807, 2.05) is 18.2 Å². The number of halogens is 1. The number of nitrogens with zero attached hydrogens (tertiary/aromatic N) is 2. The Morgan fingerprint density at radius 2 is 2.00 bits per heavy atom. The van der Waals surface area contributed by atoms with Crippen molar-refractivity contribution in [1.29, 1.82) is 5.26 Å². The van der Waals surface area contributed by atoms with Crippen LogP contribution in [0.2, 0.25) is 0 Å². The predicted octanol–water partition coefficient (Wildman–Crippen LogP) is 2.97. The summed E-state index contributed by atoms with van der Waals surface area (Å²) in [7, 11) is 0. The normalized spacial score (nSPS) is 9.56. The lowest BCUT2D eigenvalue weighted by molar-refractivity contribution is 0.102. The summed E-state index contributed by atoms with van der Waals surface area (Å²) >= 11 is 3.32. The van der Waals surface area contributed by atoms with E-state index in [1.165, 1.54) is 12.3 Å². The molecule has 0 atom stereocenters. The smallest absolute Gasteiger partial charge is 0.255 e.